The van der Waals surface area contributed by atoms with Crippen LogP contribution >= 0.6 is 0 Å². The summed E-state index contributed by atoms with van der Waals surface area (Å²) < 4.78 is 17.4. The fourth-order valence-electron chi connectivity index (χ4n) is 4.79. The first-order valence-electron chi connectivity index (χ1n) is 11.1. The van der Waals surface area contributed by atoms with E-state index in [2.05, 4.69) is 41.5 Å². The maximum Gasteiger partial charge on any atom is 0.341 e. The van der Waals surface area contributed by atoms with Gasteiger partial charge >= 0.3 is 11.9 Å². The molecule has 2 aromatic carbocycles. The summed E-state index contributed by atoms with van der Waals surface area (Å²) in [5.74, 6) is -0.969. The Labute approximate surface area is 192 Å². The van der Waals surface area contributed by atoms with Gasteiger partial charge in [0, 0.05) is 12.5 Å². The van der Waals surface area contributed by atoms with Crippen LogP contribution in [0.2, 0.25) is 16.6 Å². The largest absolute Gasteiger partial charge is 0.542 e. The molecule has 32 heavy (non-hydrogen) atoms. The Kier molecular flexibility index (Phi) is 8.48. The van der Waals surface area contributed by atoms with Crippen LogP contribution in [0.5, 0.6) is 5.75 Å². The number of carboxylic acids is 1. The van der Waals surface area contributed by atoms with Gasteiger partial charge in [0.1, 0.15) is 17.9 Å². The Morgan fingerprint density at radius 3 is 2.03 bits per heavy atom. The molecule has 0 amide bonds. The number of aryl methyl sites for hydroxylation is 1. The molecule has 0 aliphatic heterocycles. The third kappa shape index (κ3) is 4.99. The maximum absolute atomic E-state index is 13.1. The Morgan fingerprint density at radius 2 is 1.53 bits per heavy atom. The van der Waals surface area contributed by atoms with Crippen LogP contribution in [0.3, 0.4) is 0 Å². The number of aromatic carboxylic acids is 1. The minimum atomic E-state index is -2.40. The van der Waals surface area contributed by atoms with Gasteiger partial charge in [-0.2, -0.15) is 0 Å². The van der Waals surface area contributed by atoms with Crippen molar-refractivity contribution in [1.82, 2.24) is 0 Å². The molecule has 176 valence electrons. The Morgan fingerprint density at radius 1 is 0.938 bits per heavy atom. The number of esters is 1. The van der Waals surface area contributed by atoms with Crippen LogP contribution in [0.25, 0.3) is 10.8 Å². The zero-order valence-electron chi connectivity index (χ0n) is 20.4. The maximum atomic E-state index is 13.1. The number of benzene rings is 2. The second-order valence-corrected chi connectivity index (χ2v) is 14.6. The molecular formula is C25H36O6Si. The lowest BCUT2D eigenvalue weighted by molar-refractivity contribution is 0.0386. The van der Waals surface area contributed by atoms with Gasteiger partial charge in [-0.25, -0.2) is 9.59 Å². The number of rotatable bonds is 10. The van der Waals surface area contributed by atoms with Crippen molar-refractivity contribution in [3.8, 4) is 5.75 Å². The predicted molar refractivity (Wildman–Crippen MR) is 129 cm³/mol. The molecule has 0 spiro atoms. The number of carbonyl (C=O) groups excluding carboxylic acids is 1. The second-order valence-electron chi connectivity index (χ2n) is 9.18. The fourth-order valence-corrected chi connectivity index (χ4v) is 10.1. The van der Waals surface area contributed by atoms with Crippen LogP contribution in [0.15, 0.2) is 24.3 Å². The molecule has 0 aliphatic rings. The lowest BCUT2D eigenvalue weighted by atomic mass is 9.98. The molecule has 0 heterocycles. The van der Waals surface area contributed by atoms with E-state index < -0.39 is 20.3 Å². The summed E-state index contributed by atoms with van der Waals surface area (Å²) in [6.07, 6.45) is 0. The summed E-state index contributed by atoms with van der Waals surface area (Å²) >= 11 is 0. The third-order valence-corrected chi connectivity index (χ3v) is 12.2. The molecule has 7 heteroatoms. The number of carbonyl (C=O) groups is 2. The first kappa shape index (κ1) is 25.9. The Bertz CT molecular complexity index is 958. The highest BCUT2D eigenvalue weighted by Crippen LogP contribution is 2.45. The standard InChI is InChI=1S/C25H36O6Si/c1-15(2)32(16(3)4,17(5)6)31-23-20-10-9-19(24(26)27)14-21(20)18(7)13-22(23)25(28)30-12-11-29-8/h9-10,13-17H,11-12H2,1-8H3,(H,26,27). The van der Waals surface area contributed by atoms with Crippen molar-refractivity contribution >= 4 is 31.0 Å². The van der Waals surface area contributed by atoms with Gasteiger partial charge in [0.25, 0.3) is 8.32 Å². The van der Waals surface area contributed by atoms with E-state index in [9.17, 15) is 14.7 Å². The molecule has 0 unspecified atom stereocenters. The van der Waals surface area contributed by atoms with Crippen molar-refractivity contribution in [1.29, 1.82) is 0 Å². The highest BCUT2D eigenvalue weighted by atomic mass is 28.4. The van der Waals surface area contributed by atoms with Crippen molar-refractivity contribution in [2.24, 2.45) is 0 Å². The minimum absolute atomic E-state index is 0.144. The monoisotopic (exact) mass is 460 g/mol. The van der Waals surface area contributed by atoms with Gasteiger partial charge in [-0.1, -0.05) is 41.5 Å². The number of hydrogen-bond acceptors (Lipinski definition) is 5. The van der Waals surface area contributed by atoms with E-state index in [1.165, 1.54) is 0 Å². The van der Waals surface area contributed by atoms with Gasteiger partial charge in [0.15, 0.2) is 0 Å². The quantitative estimate of drug-likeness (QED) is 0.258. The summed E-state index contributed by atoms with van der Waals surface area (Å²) in [5, 5.41) is 10.9. The van der Waals surface area contributed by atoms with Crippen LogP contribution in [-0.4, -0.2) is 45.7 Å². The Balaban J connectivity index is 2.80. The third-order valence-electron chi connectivity index (χ3n) is 6.27. The van der Waals surface area contributed by atoms with E-state index in [4.69, 9.17) is 13.9 Å². The molecule has 2 rings (SSSR count). The molecule has 0 radical (unpaired) electrons. The average Bonchev–Trinajstić information content (AvgIpc) is 2.71. The zero-order valence-corrected chi connectivity index (χ0v) is 21.4. The Hall–Kier alpha value is -2.38. The van der Waals surface area contributed by atoms with Crippen molar-refractivity contribution in [3.63, 3.8) is 0 Å². The van der Waals surface area contributed by atoms with Crippen molar-refractivity contribution in [2.45, 2.75) is 65.1 Å². The molecule has 0 saturated heterocycles. The molecule has 0 aliphatic carbocycles. The first-order chi connectivity index (χ1) is 15.0. The minimum Gasteiger partial charge on any atom is -0.542 e. The summed E-state index contributed by atoms with van der Waals surface area (Å²) in [6, 6.07) is 6.69. The predicted octanol–water partition coefficient (Wildman–Crippen LogP) is 6.20. The lowest BCUT2D eigenvalue weighted by Crippen LogP contribution is -2.51. The molecule has 6 nitrogen and oxygen atoms in total. The smallest absolute Gasteiger partial charge is 0.341 e. The topological polar surface area (TPSA) is 82.1 Å². The van der Waals surface area contributed by atoms with Crippen LogP contribution in [0.4, 0.5) is 0 Å². The zero-order chi connectivity index (χ0) is 24.2. The van der Waals surface area contributed by atoms with Crippen LogP contribution in [0, 0.1) is 6.92 Å². The lowest BCUT2D eigenvalue weighted by Gasteiger charge is -2.42. The molecular weight excluding hydrogens is 424 g/mol. The fraction of sp³-hybridized carbons (Fsp3) is 0.520. The van der Waals surface area contributed by atoms with E-state index in [-0.39, 0.29) is 12.2 Å². The van der Waals surface area contributed by atoms with Crippen LogP contribution in [-0.2, 0) is 9.47 Å². The van der Waals surface area contributed by atoms with Gasteiger partial charge in [-0.15, -0.1) is 0 Å². The highest BCUT2D eigenvalue weighted by molar-refractivity contribution is 6.78. The van der Waals surface area contributed by atoms with Crippen molar-refractivity contribution in [3.05, 3.63) is 41.0 Å². The van der Waals surface area contributed by atoms with E-state index in [1.807, 2.05) is 6.92 Å². The number of fused-ring (bicyclic) bond motifs is 1. The highest BCUT2D eigenvalue weighted by Gasteiger charge is 2.47. The number of carboxylic acid groups (broad SMARTS) is 1. The van der Waals surface area contributed by atoms with Gasteiger partial charge in [-0.05, 0) is 58.8 Å². The molecule has 0 atom stereocenters. The van der Waals surface area contributed by atoms with Crippen LogP contribution < -0.4 is 4.43 Å². The average molecular weight is 461 g/mol. The molecule has 0 fully saturated rings. The molecule has 0 bridgehead atoms. The summed E-state index contributed by atoms with van der Waals surface area (Å²) in [7, 11) is -0.851. The van der Waals surface area contributed by atoms with Crippen molar-refractivity contribution < 1.29 is 28.6 Å². The molecule has 0 saturated carbocycles. The van der Waals surface area contributed by atoms with E-state index in [1.54, 1.807) is 31.4 Å². The van der Waals surface area contributed by atoms with Gasteiger partial charge in [0.2, 0.25) is 0 Å². The summed E-state index contributed by atoms with van der Waals surface area (Å²) in [6.45, 7) is 15.4. The first-order valence-corrected chi connectivity index (χ1v) is 13.3. The molecule has 2 aromatic rings. The normalized spacial score (nSPS) is 12.1. The van der Waals surface area contributed by atoms with Gasteiger partial charge in [0.05, 0.1) is 12.2 Å². The van der Waals surface area contributed by atoms with Crippen molar-refractivity contribution in [2.75, 3.05) is 20.3 Å². The molecule has 0 aromatic heterocycles. The van der Waals surface area contributed by atoms with Crippen LogP contribution in [0.1, 0.15) is 67.8 Å². The number of hydrogen-bond donors (Lipinski definition) is 1. The molecule has 1 N–H and O–H groups in total. The van der Waals surface area contributed by atoms with Gasteiger partial charge in [-0.3, -0.25) is 0 Å². The second kappa shape index (κ2) is 10.5. The van der Waals surface area contributed by atoms with E-state index in [0.717, 1.165) is 16.3 Å². The van der Waals surface area contributed by atoms with E-state index >= 15 is 0 Å². The van der Waals surface area contributed by atoms with Gasteiger partial charge < -0.3 is 19.0 Å². The summed E-state index contributed by atoms with van der Waals surface area (Å²) in [4.78, 5) is 24.6. The number of methoxy groups -OCH3 is 1. The SMILES string of the molecule is COCCOC(=O)c1cc(C)c2cc(C(=O)O)ccc2c1O[Si](C(C)C)(C(C)C)C(C)C. The van der Waals surface area contributed by atoms with E-state index in [0.29, 0.717) is 34.5 Å². The number of ether oxygens (including phenoxy) is 2. The summed E-state index contributed by atoms with van der Waals surface area (Å²) in [5.41, 5.74) is 2.26.